The van der Waals surface area contributed by atoms with Crippen LogP contribution in [0.25, 0.3) is 26.9 Å². The van der Waals surface area contributed by atoms with Crippen molar-refractivity contribution < 1.29 is 4.79 Å². The van der Waals surface area contributed by atoms with Crippen LogP contribution in [-0.2, 0) is 7.05 Å². The number of aromatic nitrogens is 5. The molecule has 4 heterocycles. The molecule has 0 aliphatic carbocycles. The Bertz CT molecular complexity index is 1430. The van der Waals surface area contributed by atoms with Crippen LogP contribution in [0.15, 0.2) is 65.3 Å². The molecule has 0 saturated heterocycles. The minimum atomic E-state index is -0.548. The Kier molecular flexibility index (Phi) is 4.49. The quantitative estimate of drug-likeness (QED) is 0.467. The van der Waals surface area contributed by atoms with E-state index in [0.29, 0.717) is 15.8 Å². The van der Waals surface area contributed by atoms with Crippen LogP contribution in [0.2, 0.25) is 0 Å². The van der Waals surface area contributed by atoms with Crippen LogP contribution < -0.4 is 10.9 Å². The van der Waals surface area contributed by atoms with Crippen LogP contribution in [0.5, 0.6) is 0 Å². The molecule has 0 unspecified atom stereocenters. The van der Waals surface area contributed by atoms with E-state index in [1.165, 1.54) is 33.3 Å². The molecule has 0 atom stereocenters. The van der Waals surface area contributed by atoms with Gasteiger partial charge in [0.25, 0.3) is 11.5 Å². The maximum Gasteiger partial charge on any atom is 0.271 e. The predicted octanol–water partition coefficient (Wildman–Crippen LogP) is 3.53. The highest BCUT2D eigenvalue weighted by molar-refractivity contribution is 7.19. The van der Waals surface area contributed by atoms with Crippen LogP contribution in [0.1, 0.15) is 10.4 Å². The molecule has 5 aromatic rings. The van der Waals surface area contributed by atoms with E-state index < -0.39 is 11.5 Å². The number of nitrogens with zero attached hydrogens (tertiary/aromatic N) is 5. The first-order valence-corrected chi connectivity index (χ1v) is 10.6. The smallest absolute Gasteiger partial charge is 0.271 e. The number of imidazole rings is 1. The molecular formula is C20H14N6O2S2. The van der Waals surface area contributed by atoms with Gasteiger partial charge in [-0.2, -0.15) is 0 Å². The van der Waals surface area contributed by atoms with E-state index in [2.05, 4.69) is 20.3 Å². The Hall–Kier alpha value is -3.63. The first-order chi connectivity index (χ1) is 14.6. The molecule has 4 aromatic heterocycles. The predicted molar refractivity (Wildman–Crippen MR) is 117 cm³/mol. The fourth-order valence-corrected chi connectivity index (χ4v) is 4.74. The van der Waals surface area contributed by atoms with Crippen molar-refractivity contribution in [2.45, 2.75) is 0 Å². The molecule has 0 aliphatic heterocycles. The molecule has 148 valence electrons. The molecule has 1 aromatic carbocycles. The van der Waals surface area contributed by atoms with Gasteiger partial charge in [-0.1, -0.05) is 41.7 Å². The second-order valence-electron chi connectivity index (χ2n) is 6.41. The molecular weight excluding hydrogens is 420 g/mol. The fraction of sp³-hybridized carbons (Fsp3) is 0.0500. The summed E-state index contributed by atoms with van der Waals surface area (Å²) in [6.45, 7) is 0. The lowest BCUT2D eigenvalue weighted by atomic mass is 10.1. The number of anilines is 1. The van der Waals surface area contributed by atoms with Gasteiger partial charge in [-0.3, -0.25) is 19.3 Å². The summed E-state index contributed by atoms with van der Waals surface area (Å²) in [5.41, 5.74) is 1.17. The lowest BCUT2D eigenvalue weighted by Gasteiger charge is -2.02. The third kappa shape index (κ3) is 3.11. The molecule has 0 fully saturated rings. The van der Waals surface area contributed by atoms with Gasteiger partial charge in [-0.15, -0.1) is 11.3 Å². The van der Waals surface area contributed by atoms with Gasteiger partial charge in [0.2, 0.25) is 0 Å². The first-order valence-electron chi connectivity index (χ1n) is 8.92. The minimum Gasteiger partial charge on any atom is -0.333 e. The van der Waals surface area contributed by atoms with Gasteiger partial charge < -0.3 is 4.57 Å². The van der Waals surface area contributed by atoms with Crippen molar-refractivity contribution >= 4 is 38.7 Å². The van der Waals surface area contributed by atoms with E-state index in [9.17, 15) is 9.59 Å². The first kappa shape index (κ1) is 18.4. The van der Waals surface area contributed by atoms with Crippen molar-refractivity contribution in [2.24, 2.45) is 7.05 Å². The Morgan fingerprint density at radius 1 is 1.13 bits per heavy atom. The second kappa shape index (κ2) is 7.32. The van der Waals surface area contributed by atoms with E-state index in [-0.39, 0.29) is 5.56 Å². The van der Waals surface area contributed by atoms with Crippen molar-refractivity contribution in [2.75, 3.05) is 5.32 Å². The molecule has 1 amide bonds. The van der Waals surface area contributed by atoms with Crippen LogP contribution in [-0.4, -0.2) is 29.8 Å². The summed E-state index contributed by atoms with van der Waals surface area (Å²) < 4.78 is 3.25. The molecule has 0 saturated carbocycles. The summed E-state index contributed by atoms with van der Waals surface area (Å²) >= 11 is 2.64. The zero-order valence-electron chi connectivity index (χ0n) is 15.6. The third-order valence-electron chi connectivity index (χ3n) is 4.51. The van der Waals surface area contributed by atoms with Gasteiger partial charge in [0.05, 0.1) is 10.6 Å². The van der Waals surface area contributed by atoms with E-state index in [1.807, 2.05) is 48.1 Å². The number of hydrogen-bond donors (Lipinski definition) is 1. The van der Waals surface area contributed by atoms with Crippen LogP contribution in [0.4, 0.5) is 5.13 Å². The monoisotopic (exact) mass is 434 g/mol. The number of nitrogens with one attached hydrogen (secondary N) is 1. The maximum absolute atomic E-state index is 12.8. The average molecular weight is 435 g/mol. The summed E-state index contributed by atoms with van der Waals surface area (Å²) in [4.78, 5) is 40.0. The van der Waals surface area contributed by atoms with Crippen molar-refractivity contribution in [1.29, 1.82) is 0 Å². The topological polar surface area (TPSA) is 94.2 Å². The van der Waals surface area contributed by atoms with Crippen molar-refractivity contribution in [1.82, 2.24) is 23.9 Å². The molecule has 0 aliphatic rings. The summed E-state index contributed by atoms with van der Waals surface area (Å²) in [5.74, 6) is 0.195. The SMILES string of the molecule is Cn1ccnc1-c1sc(NC(=O)c2cnc3sccn3c2=O)nc1-c1ccccc1. The number of hydrogen-bond acceptors (Lipinski definition) is 7. The third-order valence-corrected chi connectivity index (χ3v) is 6.24. The molecule has 1 N–H and O–H groups in total. The minimum absolute atomic E-state index is 0.0408. The standard InChI is InChI=1S/C20H14N6O2S2/c1-25-8-7-21-16(25)15-14(12-5-3-2-4-6-12)23-19(30-15)24-17(27)13-11-22-20-26(18(13)28)9-10-29-20/h2-11H,1H3,(H,23,24,27). The fourth-order valence-electron chi connectivity index (χ4n) is 3.05. The summed E-state index contributed by atoms with van der Waals surface area (Å²) in [5, 5.41) is 4.88. The molecule has 30 heavy (non-hydrogen) atoms. The lowest BCUT2D eigenvalue weighted by Crippen LogP contribution is -2.25. The highest BCUT2D eigenvalue weighted by Crippen LogP contribution is 2.38. The van der Waals surface area contributed by atoms with Crippen molar-refractivity contribution in [3.63, 3.8) is 0 Å². The molecule has 0 radical (unpaired) electrons. The average Bonchev–Trinajstić information content (AvgIpc) is 3.48. The largest absolute Gasteiger partial charge is 0.333 e. The van der Waals surface area contributed by atoms with E-state index in [1.54, 1.807) is 17.8 Å². The van der Waals surface area contributed by atoms with Crippen LogP contribution >= 0.6 is 22.7 Å². The molecule has 10 heteroatoms. The summed E-state index contributed by atoms with van der Waals surface area (Å²) in [6, 6.07) is 9.69. The van der Waals surface area contributed by atoms with Crippen LogP contribution in [0, 0.1) is 0 Å². The summed E-state index contributed by atoms with van der Waals surface area (Å²) in [6.07, 6.45) is 6.46. The van der Waals surface area contributed by atoms with Gasteiger partial charge in [0, 0.05) is 42.8 Å². The van der Waals surface area contributed by atoms with Gasteiger partial charge in [0.15, 0.2) is 15.9 Å². The normalized spacial score (nSPS) is 11.1. The number of rotatable bonds is 4. The number of amides is 1. The van der Waals surface area contributed by atoms with Crippen LogP contribution in [0.3, 0.4) is 0 Å². The van der Waals surface area contributed by atoms with E-state index >= 15 is 0 Å². The number of carbonyl (C=O) groups is 1. The van der Waals surface area contributed by atoms with Gasteiger partial charge in [0.1, 0.15) is 5.56 Å². The Morgan fingerprint density at radius 3 is 2.73 bits per heavy atom. The van der Waals surface area contributed by atoms with E-state index in [4.69, 9.17) is 0 Å². The lowest BCUT2D eigenvalue weighted by molar-refractivity contribution is 0.102. The van der Waals surface area contributed by atoms with Crippen molar-refractivity contribution in [3.05, 3.63) is 76.4 Å². The Morgan fingerprint density at radius 2 is 1.97 bits per heavy atom. The molecule has 0 spiro atoms. The number of fused-ring (bicyclic) bond motifs is 1. The molecule has 5 rings (SSSR count). The maximum atomic E-state index is 12.8. The zero-order chi connectivity index (χ0) is 20.7. The summed E-state index contributed by atoms with van der Waals surface area (Å²) in [7, 11) is 1.90. The number of benzene rings is 1. The molecule has 8 nitrogen and oxygen atoms in total. The Balaban J connectivity index is 1.55. The number of thiazole rings is 2. The van der Waals surface area contributed by atoms with Gasteiger partial charge in [-0.25, -0.2) is 15.0 Å². The van der Waals surface area contributed by atoms with Crippen molar-refractivity contribution in [3.8, 4) is 22.0 Å². The molecule has 0 bridgehead atoms. The second-order valence-corrected chi connectivity index (χ2v) is 8.28. The number of carbonyl (C=O) groups excluding carboxylic acids is 1. The van der Waals surface area contributed by atoms with Gasteiger partial charge in [-0.05, 0) is 0 Å². The van der Waals surface area contributed by atoms with E-state index in [0.717, 1.165) is 16.3 Å². The van der Waals surface area contributed by atoms with Gasteiger partial charge >= 0.3 is 0 Å². The highest BCUT2D eigenvalue weighted by Gasteiger charge is 2.21. The zero-order valence-corrected chi connectivity index (χ0v) is 17.3. The Labute approximate surface area is 178 Å². The highest BCUT2D eigenvalue weighted by atomic mass is 32.1. The number of aryl methyl sites for hydroxylation is 1.